The Bertz CT molecular complexity index is 552. The van der Waals surface area contributed by atoms with Gasteiger partial charge in [0, 0.05) is 17.5 Å². The summed E-state index contributed by atoms with van der Waals surface area (Å²) in [6.45, 7) is 7.15. The molecule has 0 saturated carbocycles. The van der Waals surface area contributed by atoms with E-state index in [0.29, 0.717) is 11.8 Å². The molecule has 1 atom stereocenters. The zero-order chi connectivity index (χ0) is 15.7. The number of hydrogen-bond donors (Lipinski definition) is 1. The topological polar surface area (TPSA) is 32.3 Å². The zero-order valence-corrected chi connectivity index (χ0v) is 14.2. The van der Waals surface area contributed by atoms with Crippen LogP contribution in [0.2, 0.25) is 5.02 Å². The maximum atomic E-state index is 13.0. The molecule has 1 amide bonds. The van der Waals surface area contributed by atoms with Crippen LogP contribution in [-0.4, -0.2) is 30.4 Å². The van der Waals surface area contributed by atoms with Gasteiger partial charge in [0.25, 0.3) is 0 Å². The van der Waals surface area contributed by atoms with Gasteiger partial charge in [-0.2, -0.15) is 0 Å². The highest BCUT2D eigenvalue weighted by Crippen LogP contribution is 2.37. The highest BCUT2D eigenvalue weighted by atomic mass is 35.5. The summed E-state index contributed by atoms with van der Waals surface area (Å²) in [6, 6.07) is 6.32. The molecule has 3 nitrogen and oxygen atoms in total. The molecule has 4 heteroatoms. The number of hydrogen-bond acceptors (Lipinski definition) is 2. The number of halogens is 1. The number of fused-ring (bicyclic) bond motifs is 1. The Kier molecular flexibility index (Phi) is 4.74. The van der Waals surface area contributed by atoms with E-state index in [1.54, 1.807) is 0 Å². The van der Waals surface area contributed by atoms with Crippen molar-refractivity contribution >= 4 is 17.5 Å². The third-order valence-corrected chi connectivity index (χ3v) is 5.22. The Morgan fingerprint density at radius 3 is 2.73 bits per heavy atom. The van der Waals surface area contributed by atoms with Crippen molar-refractivity contribution in [2.45, 2.75) is 39.2 Å². The van der Waals surface area contributed by atoms with E-state index >= 15 is 0 Å². The monoisotopic (exact) mass is 320 g/mol. The number of amides is 1. The summed E-state index contributed by atoms with van der Waals surface area (Å²) in [4.78, 5) is 15.2. The van der Waals surface area contributed by atoms with Crippen molar-refractivity contribution in [2.24, 2.45) is 11.8 Å². The first-order valence-electron chi connectivity index (χ1n) is 8.37. The molecule has 1 aromatic carbocycles. The summed E-state index contributed by atoms with van der Waals surface area (Å²) in [5.74, 6) is 0.947. The van der Waals surface area contributed by atoms with Gasteiger partial charge in [-0.1, -0.05) is 31.5 Å². The number of rotatable bonds is 2. The van der Waals surface area contributed by atoms with Gasteiger partial charge in [0.1, 0.15) is 0 Å². The van der Waals surface area contributed by atoms with Crippen molar-refractivity contribution in [3.63, 3.8) is 0 Å². The second-order valence-electron chi connectivity index (χ2n) is 6.84. The Hall–Kier alpha value is -1.06. The molecule has 0 aliphatic carbocycles. The second-order valence-corrected chi connectivity index (χ2v) is 7.27. The van der Waals surface area contributed by atoms with Crippen LogP contribution >= 0.6 is 11.6 Å². The molecule has 1 N–H and O–H groups in total. The summed E-state index contributed by atoms with van der Waals surface area (Å²) in [6.07, 6.45) is 2.84. The Labute approximate surface area is 138 Å². The number of nitrogens with one attached hydrogen (secondary N) is 1. The van der Waals surface area contributed by atoms with Crippen LogP contribution in [0.3, 0.4) is 0 Å². The fourth-order valence-corrected chi connectivity index (χ4v) is 4.09. The molecule has 1 saturated heterocycles. The molecule has 3 rings (SSSR count). The van der Waals surface area contributed by atoms with Gasteiger partial charge >= 0.3 is 0 Å². The van der Waals surface area contributed by atoms with E-state index in [1.807, 2.05) is 6.07 Å². The number of nitrogens with zero attached hydrogens (tertiary/aromatic N) is 1. The molecule has 2 aliphatic rings. The number of carbonyl (C=O) groups excluding carboxylic acids is 1. The van der Waals surface area contributed by atoms with Gasteiger partial charge in [-0.05, 0) is 61.5 Å². The van der Waals surface area contributed by atoms with E-state index in [-0.39, 0.29) is 12.0 Å². The number of carbonyl (C=O) groups is 1. The van der Waals surface area contributed by atoms with Gasteiger partial charge in [0.05, 0.1) is 6.04 Å². The van der Waals surface area contributed by atoms with Crippen molar-refractivity contribution < 1.29 is 4.79 Å². The standard InChI is InChI=1S/C18H25ClN2O/c1-12(2)17-16-4-3-15(19)11-14(16)7-10-21(17)18(22)13-5-8-20-9-6-13/h3-4,11-13,17,20H,5-10H2,1-2H3. The molecule has 2 aliphatic heterocycles. The van der Waals surface area contributed by atoms with Crippen LogP contribution in [0.25, 0.3) is 0 Å². The third-order valence-electron chi connectivity index (χ3n) is 4.98. The molecule has 0 spiro atoms. The van der Waals surface area contributed by atoms with Crippen molar-refractivity contribution in [3.8, 4) is 0 Å². The first-order chi connectivity index (χ1) is 10.6. The fourth-order valence-electron chi connectivity index (χ4n) is 3.90. The van der Waals surface area contributed by atoms with Crippen molar-refractivity contribution in [1.82, 2.24) is 10.2 Å². The lowest BCUT2D eigenvalue weighted by molar-refractivity contribution is -0.140. The van der Waals surface area contributed by atoms with E-state index in [4.69, 9.17) is 11.6 Å². The van der Waals surface area contributed by atoms with Gasteiger partial charge in [0.15, 0.2) is 0 Å². The molecule has 0 radical (unpaired) electrons. The van der Waals surface area contributed by atoms with Gasteiger partial charge in [-0.3, -0.25) is 4.79 Å². The SMILES string of the molecule is CC(C)C1c2ccc(Cl)cc2CCN1C(=O)C1CCNCC1. The number of benzene rings is 1. The molecule has 1 unspecified atom stereocenters. The molecule has 22 heavy (non-hydrogen) atoms. The number of piperidine rings is 1. The lowest BCUT2D eigenvalue weighted by Gasteiger charge is -2.42. The first kappa shape index (κ1) is 15.8. The van der Waals surface area contributed by atoms with Gasteiger partial charge in [-0.25, -0.2) is 0 Å². The van der Waals surface area contributed by atoms with E-state index in [1.165, 1.54) is 11.1 Å². The van der Waals surface area contributed by atoms with Crippen molar-refractivity contribution in [3.05, 3.63) is 34.3 Å². The van der Waals surface area contributed by atoms with E-state index in [9.17, 15) is 4.79 Å². The van der Waals surface area contributed by atoms with Crippen LogP contribution in [0.15, 0.2) is 18.2 Å². The van der Waals surface area contributed by atoms with E-state index < -0.39 is 0 Å². The quantitative estimate of drug-likeness (QED) is 0.905. The summed E-state index contributed by atoms with van der Waals surface area (Å²) >= 11 is 6.14. The van der Waals surface area contributed by atoms with Crippen LogP contribution in [0, 0.1) is 11.8 Å². The minimum absolute atomic E-state index is 0.184. The van der Waals surface area contributed by atoms with Crippen LogP contribution < -0.4 is 5.32 Å². The predicted octanol–water partition coefficient (Wildman–Crippen LogP) is 3.42. The maximum absolute atomic E-state index is 13.0. The van der Waals surface area contributed by atoms with E-state index in [0.717, 1.165) is 43.9 Å². The summed E-state index contributed by atoms with van der Waals surface area (Å²) in [5.41, 5.74) is 2.59. The summed E-state index contributed by atoms with van der Waals surface area (Å²) in [5, 5.41) is 4.13. The lowest BCUT2D eigenvalue weighted by Crippen LogP contribution is -2.47. The maximum Gasteiger partial charge on any atom is 0.226 e. The molecule has 120 valence electrons. The molecule has 2 heterocycles. The highest BCUT2D eigenvalue weighted by Gasteiger charge is 2.36. The molecule has 1 fully saturated rings. The summed E-state index contributed by atoms with van der Waals surface area (Å²) in [7, 11) is 0. The second kappa shape index (κ2) is 6.59. The minimum atomic E-state index is 0.184. The van der Waals surface area contributed by atoms with Crippen LogP contribution in [0.4, 0.5) is 0 Å². The lowest BCUT2D eigenvalue weighted by atomic mass is 9.84. The van der Waals surface area contributed by atoms with Gasteiger partial charge < -0.3 is 10.2 Å². The first-order valence-corrected chi connectivity index (χ1v) is 8.75. The molecular weight excluding hydrogens is 296 g/mol. The van der Waals surface area contributed by atoms with Crippen LogP contribution in [-0.2, 0) is 11.2 Å². The Morgan fingerprint density at radius 2 is 2.05 bits per heavy atom. The minimum Gasteiger partial charge on any atom is -0.335 e. The zero-order valence-electron chi connectivity index (χ0n) is 13.4. The fraction of sp³-hybridized carbons (Fsp3) is 0.611. The molecular formula is C18H25ClN2O. The highest BCUT2D eigenvalue weighted by molar-refractivity contribution is 6.30. The van der Waals surface area contributed by atoms with Gasteiger partial charge in [0.2, 0.25) is 5.91 Å². The molecule has 0 bridgehead atoms. The normalized spacial score (nSPS) is 22.7. The average Bonchev–Trinajstić information content (AvgIpc) is 2.53. The Morgan fingerprint density at radius 1 is 1.32 bits per heavy atom. The smallest absolute Gasteiger partial charge is 0.226 e. The molecule has 0 aromatic heterocycles. The molecule has 1 aromatic rings. The van der Waals surface area contributed by atoms with Crippen molar-refractivity contribution in [2.75, 3.05) is 19.6 Å². The van der Waals surface area contributed by atoms with Gasteiger partial charge in [-0.15, -0.1) is 0 Å². The largest absolute Gasteiger partial charge is 0.335 e. The third kappa shape index (κ3) is 3.02. The Balaban J connectivity index is 1.88. The summed E-state index contributed by atoms with van der Waals surface area (Å²) < 4.78 is 0. The van der Waals surface area contributed by atoms with Crippen LogP contribution in [0.1, 0.15) is 43.9 Å². The van der Waals surface area contributed by atoms with Crippen LogP contribution in [0.5, 0.6) is 0 Å². The van der Waals surface area contributed by atoms with Crippen molar-refractivity contribution in [1.29, 1.82) is 0 Å². The predicted molar refractivity (Wildman–Crippen MR) is 90.0 cm³/mol. The van der Waals surface area contributed by atoms with E-state index in [2.05, 4.69) is 36.2 Å². The average molecular weight is 321 g/mol.